The normalized spacial score (nSPS) is 9.75. The Labute approximate surface area is 72.5 Å². The van der Waals surface area contributed by atoms with Crippen LogP contribution >= 0.6 is 0 Å². The highest BCUT2D eigenvalue weighted by Gasteiger charge is 1.91. The molecule has 1 rings (SSSR count). The largest absolute Gasteiger partial charge is 0.307 e. The van der Waals surface area contributed by atoms with Crippen LogP contribution in [0.3, 0.4) is 0 Å². The molecule has 3 heteroatoms. The first-order valence-corrected chi connectivity index (χ1v) is 3.90. The molecule has 0 amide bonds. The van der Waals surface area contributed by atoms with E-state index in [9.17, 15) is 0 Å². The summed E-state index contributed by atoms with van der Waals surface area (Å²) in [6.07, 6.45) is 1.67. The highest BCUT2D eigenvalue weighted by molar-refractivity contribution is 4.99. The van der Waals surface area contributed by atoms with Gasteiger partial charge in [0.15, 0.2) is 0 Å². The third kappa shape index (κ3) is 3.25. The standard InChI is InChI=1S/C9H13N3/c1-8(2)6-10-7-9-4-3-5-11-12-9/h3-5,10H,1,6-7H2,2H3. The predicted molar refractivity (Wildman–Crippen MR) is 48.6 cm³/mol. The molecule has 0 saturated carbocycles. The van der Waals surface area contributed by atoms with Crippen molar-refractivity contribution >= 4 is 0 Å². The topological polar surface area (TPSA) is 37.8 Å². The first kappa shape index (κ1) is 8.87. The van der Waals surface area contributed by atoms with Crippen LogP contribution in [0.4, 0.5) is 0 Å². The van der Waals surface area contributed by atoms with Gasteiger partial charge in [-0.25, -0.2) is 0 Å². The van der Waals surface area contributed by atoms with Crippen LogP contribution < -0.4 is 5.32 Å². The van der Waals surface area contributed by atoms with Gasteiger partial charge in [-0.2, -0.15) is 10.2 Å². The van der Waals surface area contributed by atoms with Gasteiger partial charge in [0.1, 0.15) is 0 Å². The summed E-state index contributed by atoms with van der Waals surface area (Å²) in [7, 11) is 0. The van der Waals surface area contributed by atoms with Crippen molar-refractivity contribution in [3.63, 3.8) is 0 Å². The Balaban J connectivity index is 2.29. The van der Waals surface area contributed by atoms with E-state index in [0.717, 1.165) is 24.4 Å². The van der Waals surface area contributed by atoms with Gasteiger partial charge < -0.3 is 5.32 Å². The number of rotatable bonds is 4. The maximum atomic E-state index is 3.93. The lowest BCUT2D eigenvalue weighted by Gasteiger charge is -2.01. The molecule has 1 heterocycles. The summed E-state index contributed by atoms with van der Waals surface area (Å²) in [5.74, 6) is 0. The summed E-state index contributed by atoms with van der Waals surface area (Å²) in [6.45, 7) is 7.36. The van der Waals surface area contributed by atoms with Crippen LogP contribution in [0.15, 0.2) is 30.5 Å². The Morgan fingerprint density at radius 3 is 3.08 bits per heavy atom. The highest BCUT2D eigenvalue weighted by atomic mass is 15.1. The summed E-state index contributed by atoms with van der Waals surface area (Å²) < 4.78 is 0. The minimum Gasteiger partial charge on any atom is -0.307 e. The lowest BCUT2D eigenvalue weighted by atomic mass is 10.3. The molecule has 0 saturated heterocycles. The minimum atomic E-state index is 0.751. The zero-order valence-electron chi connectivity index (χ0n) is 7.25. The molecular formula is C9H13N3. The van der Waals surface area contributed by atoms with Gasteiger partial charge in [-0.05, 0) is 19.1 Å². The van der Waals surface area contributed by atoms with Gasteiger partial charge in [0.05, 0.1) is 5.69 Å². The minimum absolute atomic E-state index is 0.751. The van der Waals surface area contributed by atoms with E-state index in [4.69, 9.17) is 0 Å². The Kier molecular flexibility index (Phi) is 3.41. The van der Waals surface area contributed by atoms with Crippen molar-refractivity contribution in [1.29, 1.82) is 0 Å². The summed E-state index contributed by atoms with van der Waals surface area (Å²) in [5.41, 5.74) is 2.08. The van der Waals surface area contributed by atoms with E-state index in [0.29, 0.717) is 0 Å². The van der Waals surface area contributed by atoms with Gasteiger partial charge in [-0.15, -0.1) is 0 Å². The van der Waals surface area contributed by atoms with Crippen LogP contribution in [-0.4, -0.2) is 16.7 Å². The van der Waals surface area contributed by atoms with Crippen molar-refractivity contribution in [1.82, 2.24) is 15.5 Å². The van der Waals surface area contributed by atoms with Crippen LogP contribution in [0, 0.1) is 0 Å². The third-order valence-corrected chi connectivity index (χ3v) is 1.36. The highest BCUT2D eigenvalue weighted by Crippen LogP contribution is 1.90. The Morgan fingerprint density at radius 1 is 1.67 bits per heavy atom. The molecule has 0 fully saturated rings. The average molecular weight is 163 g/mol. The third-order valence-electron chi connectivity index (χ3n) is 1.36. The molecule has 1 aromatic heterocycles. The van der Waals surface area contributed by atoms with Crippen molar-refractivity contribution in [2.24, 2.45) is 0 Å². The smallest absolute Gasteiger partial charge is 0.0769 e. The summed E-state index contributed by atoms with van der Waals surface area (Å²) >= 11 is 0. The van der Waals surface area contributed by atoms with Gasteiger partial charge in [-0.3, -0.25) is 0 Å². The van der Waals surface area contributed by atoms with Crippen LogP contribution in [0.2, 0.25) is 0 Å². The van der Waals surface area contributed by atoms with Gasteiger partial charge in [-0.1, -0.05) is 12.2 Å². The maximum absolute atomic E-state index is 3.93. The van der Waals surface area contributed by atoms with Crippen molar-refractivity contribution in [3.8, 4) is 0 Å². The average Bonchev–Trinajstić information content (AvgIpc) is 2.05. The van der Waals surface area contributed by atoms with E-state index in [1.165, 1.54) is 0 Å². The first-order chi connectivity index (χ1) is 5.79. The zero-order valence-corrected chi connectivity index (χ0v) is 7.25. The van der Waals surface area contributed by atoms with Gasteiger partial charge in [0.25, 0.3) is 0 Å². The molecule has 0 radical (unpaired) electrons. The van der Waals surface area contributed by atoms with Crippen LogP contribution in [0.25, 0.3) is 0 Å². The molecule has 0 aromatic carbocycles. The van der Waals surface area contributed by atoms with E-state index in [1.807, 2.05) is 19.1 Å². The molecule has 0 unspecified atom stereocenters. The quantitative estimate of drug-likeness (QED) is 0.676. The molecule has 0 spiro atoms. The van der Waals surface area contributed by atoms with Crippen LogP contribution in [0.5, 0.6) is 0 Å². The fourth-order valence-corrected chi connectivity index (χ4v) is 0.832. The molecule has 1 N–H and O–H groups in total. The summed E-state index contributed by atoms with van der Waals surface area (Å²) in [4.78, 5) is 0. The number of hydrogen-bond acceptors (Lipinski definition) is 3. The van der Waals surface area contributed by atoms with Crippen molar-refractivity contribution in [2.75, 3.05) is 6.54 Å². The SMILES string of the molecule is C=C(C)CNCc1cccnn1. The van der Waals surface area contributed by atoms with E-state index in [2.05, 4.69) is 22.1 Å². The number of hydrogen-bond donors (Lipinski definition) is 1. The van der Waals surface area contributed by atoms with Gasteiger partial charge in [0.2, 0.25) is 0 Å². The Hall–Kier alpha value is -1.22. The molecule has 0 aliphatic rings. The second-order valence-electron chi connectivity index (χ2n) is 2.78. The molecule has 0 aliphatic carbocycles. The van der Waals surface area contributed by atoms with E-state index < -0.39 is 0 Å². The van der Waals surface area contributed by atoms with E-state index in [1.54, 1.807) is 6.20 Å². The maximum Gasteiger partial charge on any atom is 0.0769 e. The van der Waals surface area contributed by atoms with E-state index in [-0.39, 0.29) is 0 Å². The number of aromatic nitrogens is 2. The number of nitrogens with zero attached hydrogens (tertiary/aromatic N) is 2. The van der Waals surface area contributed by atoms with Gasteiger partial charge >= 0.3 is 0 Å². The van der Waals surface area contributed by atoms with Crippen molar-refractivity contribution < 1.29 is 0 Å². The second-order valence-corrected chi connectivity index (χ2v) is 2.78. The summed E-state index contributed by atoms with van der Waals surface area (Å²) in [6, 6.07) is 3.82. The molecule has 0 atom stereocenters. The monoisotopic (exact) mass is 163 g/mol. The molecule has 3 nitrogen and oxygen atoms in total. The fourth-order valence-electron chi connectivity index (χ4n) is 0.832. The Bertz CT molecular complexity index is 243. The molecule has 0 aliphatic heterocycles. The lowest BCUT2D eigenvalue weighted by Crippen LogP contribution is -2.16. The Morgan fingerprint density at radius 2 is 2.50 bits per heavy atom. The number of nitrogens with one attached hydrogen (secondary N) is 1. The van der Waals surface area contributed by atoms with Gasteiger partial charge in [0, 0.05) is 19.3 Å². The van der Waals surface area contributed by atoms with Crippen molar-refractivity contribution in [3.05, 3.63) is 36.2 Å². The van der Waals surface area contributed by atoms with Crippen molar-refractivity contribution in [2.45, 2.75) is 13.5 Å². The zero-order chi connectivity index (χ0) is 8.81. The van der Waals surface area contributed by atoms with Crippen LogP contribution in [-0.2, 0) is 6.54 Å². The second kappa shape index (κ2) is 4.62. The molecular weight excluding hydrogens is 150 g/mol. The molecule has 12 heavy (non-hydrogen) atoms. The molecule has 64 valence electrons. The predicted octanol–water partition coefficient (Wildman–Crippen LogP) is 1.14. The first-order valence-electron chi connectivity index (χ1n) is 3.90. The summed E-state index contributed by atoms with van der Waals surface area (Å²) in [5, 5.41) is 10.9. The molecule has 1 aromatic rings. The molecule has 0 bridgehead atoms. The van der Waals surface area contributed by atoms with E-state index >= 15 is 0 Å². The lowest BCUT2D eigenvalue weighted by molar-refractivity contribution is 0.710. The van der Waals surface area contributed by atoms with Crippen LogP contribution in [0.1, 0.15) is 12.6 Å². The fraction of sp³-hybridized carbons (Fsp3) is 0.333.